The van der Waals surface area contributed by atoms with Gasteiger partial charge in [0.1, 0.15) is 0 Å². The Labute approximate surface area is 91.5 Å². The van der Waals surface area contributed by atoms with Crippen LogP contribution < -0.4 is 11.1 Å². The number of hydrogen-bond donors (Lipinski definition) is 2. The second kappa shape index (κ2) is 5.47. The van der Waals surface area contributed by atoms with E-state index in [4.69, 9.17) is 10.5 Å². The monoisotopic (exact) mass is 214 g/mol. The number of amides is 1. The summed E-state index contributed by atoms with van der Waals surface area (Å²) in [5, 5.41) is 2.91. The molecular weight excluding hydrogens is 192 g/mol. The number of carbonyl (C=O) groups excluding carboxylic acids is 1. The lowest BCUT2D eigenvalue weighted by Crippen LogP contribution is -2.50. The van der Waals surface area contributed by atoms with Crippen LogP contribution >= 0.6 is 0 Å². The minimum atomic E-state index is -0.422. The summed E-state index contributed by atoms with van der Waals surface area (Å²) in [5.74, 6) is 0.0923. The molecule has 1 saturated heterocycles. The summed E-state index contributed by atoms with van der Waals surface area (Å²) >= 11 is 0. The molecule has 1 fully saturated rings. The second-order valence-corrected chi connectivity index (χ2v) is 4.62. The van der Waals surface area contributed by atoms with Crippen molar-refractivity contribution in [1.82, 2.24) is 5.32 Å². The SMILES string of the molecule is CC(C)C(N)C(=O)NC(C)C1CCCO1. The fourth-order valence-electron chi connectivity index (χ4n) is 1.71. The lowest BCUT2D eigenvalue weighted by Gasteiger charge is -2.23. The number of ether oxygens (including phenoxy) is 1. The smallest absolute Gasteiger partial charge is 0.237 e. The van der Waals surface area contributed by atoms with Gasteiger partial charge < -0.3 is 15.8 Å². The van der Waals surface area contributed by atoms with Crippen molar-refractivity contribution in [2.75, 3.05) is 6.61 Å². The number of carbonyl (C=O) groups is 1. The van der Waals surface area contributed by atoms with E-state index in [0.29, 0.717) is 0 Å². The normalized spacial score (nSPS) is 25.3. The molecule has 1 aliphatic rings. The van der Waals surface area contributed by atoms with E-state index in [1.54, 1.807) is 0 Å². The van der Waals surface area contributed by atoms with E-state index in [9.17, 15) is 4.79 Å². The van der Waals surface area contributed by atoms with E-state index in [1.165, 1.54) is 0 Å². The average molecular weight is 214 g/mol. The van der Waals surface area contributed by atoms with Crippen LogP contribution in [0.5, 0.6) is 0 Å². The van der Waals surface area contributed by atoms with Gasteiger partial charge >= 0.3 is 0 Å². The fourth-order valence-corrected chi connectivity index (χ4v) is 1.71. The molecule has 4 nitrogen and oxygen atoms in total. The Bertz CT molecular complexity index is 213. The summed E-state index contributed by atoms with van der Waals surface area (Å²) in [6, 6.07) is -0.362. The van der Waals surface area contributed by atoms with E-state index in [-0.39, 0.29) is 24.0 Å². The summed E-state index contributed by atoms with van der Waals surface area (Å²) in [5.41, 5.74) is 5.75. The molecule has 15 heavy (non-hydrogen) atoms. The zero-order chi connectivity index (χ0) is 11.4. The van der Waals surface area contributed by atoms with E-state index in [2.05, 4.69) is 5.32 Å². The first kappa shape index (κ1) is 12.5. The third-order valence-corrected chi connectivity index (χ3v) is 2.91. The molecule has 0 aliphatic carbocycles. The molecule has 0 spiro atoms. The van der Waals surface area contributed by atoms with Gasteiger partial charge in [-0.2, -0.15) is 0 Å². The topological polar surface area (TPSA) is 64.4 Å². The number of hydrogen-bond acceptors (Lipinski definition) is 3. The van der Waals surface area contributed by atoms with Gasteiger partial charge in [0, 0.05) is 6.61 Å². The maximum absolute atomic E-state index is 11.7. The predicted octanol–water partition coefficient (Wildman–Crippen LogP) is 0.653. The number of rotatable bonds is 4. The third-order valence-electron chi connectivity index (χ3n) is 2.91. The second-order valence-electron chi connectivity index (χ2n) is 4.62. The first-order chi connectivity index (χ1) is 7.02. The highest BCUT2D eigenvalue weighted by Crippen LogP contribution is 2.15. The van der Waals surface area contributed by atoms with Gasteiger partial charge in [0.15, 0.2) is 0 Å². The van der Waals surface area contributed by atoms with Gasteiger partial charge in [-0.15, -0.1) is 0 Å². The molecule has 3 atom stereocenters. The average Bonchev–Trinajstić information content (AvgIpc) is 2.68. The van der Waals surface area contributed by atoms with Crippen molar-refractivity contribution in [3.8, 4) is 0 Å². The molecule has 4 heteroatoms. The molecule has 88 valence electrons. The van der Waals surface area contributed by atoms with E-state index in [1.807, 2.05) is 20.8 Å². The minimum Gasteiger partial charge on any atom is -0.376 e. The number of nitrogens with two attached hydrogens (primary N) is 1. The van der Waals surface area contributed by atoms with Crippen LogP contribution in [0.25, 0.3) is 0 Å². The maximum atomic E-state index is 11.7. The zero-order valence-corrected chi connectivity index (χ0v) is 9.82. The van der Waals surface area contributed by atoms with Crippen molar-refractivity contribution in [3.05, 3.63) is 0 Å². The van der Waals surface area contributed by atoms with Crippen molar-refractivity contribution in [1.29, 1.82) is 0 Å². The van der Waals surface area contributed by atoms with E-state index < -0.39 is 6.04 Å². The molecular formula is C11H22N2O2. The molecule has 0 aromatic rings. The fraction of sp³-hybridized carbons (Fsp3) is 0.909. The first-order valence-electron chi connectivity index (χ1n) is 5.70. The van der Waals surface area contributed by atoms with Crippen molar-refractivity contribution in [3.63, 3.8) is 0 Å². The summed E-state index contributed by atoms with van der Waals surface area (Å²) in [7, 11) is 0. The maximum Gasteiger partial charge on any atom is 0.237 e. The molecule has 1 heterocycles. The van der Waals surface area contributed by atoms with Gasteiger partial charge in [-0.3, -0.25) is 4.79 Å². The lowest BCUT2D eigenvalue weighted by atomic mass is 10.0. The molecule has 0 aromatic heterocycles. The summed E-state index contributed by atoms with van der Waals surface area (Å²) in [6.45, 7) is 6.67. The molecule has 1 rings (SSSR count). The molecule has 0 bridgehead atoms. The molecule has 1 aliphatic heterocycles. The Morgan fingerprint density at radius 2 is 2.13 bits per heavy atom. The molecule has 1 amide bonds. The number of nitrogens with one attached hydrogen (secondary N) is 1. The van der Waals surface area contributed by atoms with Crippen molar-refractivity contribution >= 4 is 5.91 Å². The van der Waals surface area contributed by atoms with Crippen molar-refractivity contribution < 1.29 is 9.53 Å². The minimum absolute atomic E-state index is 0.0600. The van der Waals surface area contributed by atoms with Crippen LogP contribution in [0.1, 0.15) is 33.6 Å². The molecule has 3 N–H and O–H groups in total. The van der Waals surface area contributed by atoms with Crippen LogP contribution in [-0.2, 0) is 9.53 Å². The molecule has 0 radical (unpaired) electrons. The highest BCUT2D eigenvalue weighted by atomic mass is 16.5. The Morgan fingerprint density at radius 3 is 2.60 bits per heavy atom. The highest BCUT2D eigenvalue weighted by molar-refractivity contribution is 5.82. The Balaban J connectivity index is 2.36. The summed E-state index contributed by atoms with van der Waals surface area (Å²) < 4.78 is 5.50. The quantitative estimate of drug-likeness (QED) is 0.722. The predicted molar refractivity (Wildman–Crippen MR) is 59.4 cm³/mol. The Hall–Kier alpha value is -0.610. The molecule has 0 saturated carbocycles. The standard InChI is InChI=1S/C11H22N2O2/c1-7(2)10(12)11(14)13-8(3)9-5-4-6-15-9/h7-10H,4-6,12H2,1-3H3,(H,13,14). The van der Waals surface area contributed by atoms with Gasteiger partial charge in [-0.1, -0.05) is 13.8 Å². The van der Waals surface area contributed by atoms with Crippen molar-refractivity contribution in [2.45, 2.75) is 51.8 Å². The summed E-state index contributed by atoms with van der Waals surface area (Å²) in [6.07, 6.45) is 2.27. The van der Waals surface area contributed by atoms with Crippen LogP contribution in [-0.4, -0.2) is 30.7 Å². The molecule has 0 aromatic carbocycles. The molecule has 3 unspecified atom stereocenters. The van der Waals surface area contributed by atoms with E-state index in [0.717, 1.165) is 19.4 Å². The Morgan fingerprint density at radius 1 is 1.47 bits per heavy atom. The lowest BCUT2D eigenvalue weighted by molar-refractivity contribution is -0.124. The van der Waals surface area contributed by atoms with E-state index >= 15 is 0 Å². The zero-order valence-electron chi connectivity index (χ0n) is 9.82. The van der Waals surface area contributed by atoms with Gasteiger partial charge in [0.25, 0.3) is 0 Å². The van der Waals surface area contributed by atoms with Crippen molar-refractivity contribution in [2.24, 2.45) is 11.7 Å². The van der Waals surface area contributed by atoms with Gasteiger partial charge in [0.05, 0.1) is 18.2 Å². The van der Waals surface area contributed by atoms with Crippen LogP contribution in [0.2, 0.25) is 0 Å². The van der Waals surface area contributed by atoms with Crippen LogP contribution in [0.15, 0.2) is 0 Å². The summed E-state index contributed by atoms with van der Waals surface area (Å²) in [4.78, 5) is 11.7. The largest absolute Gasteiger partial charge is 0.376 e. The first-order valence-corrected chi connectivity index (χ1v) is 5.70. The van der Waals surface area contributed by atoms with Crippen LogP contribution in [0.3, 0.4) is 0 Å². The Kier molecular flexibility index (Phi) is 4.54. The van der Waals surface area contributed by atoms with Gasteiger partial charge in [-0.05, 0) is 25.7 Å². The van der Waals surface area contributed by atoms with Crippen LogP contribution in [0.4, 0.5) is 0 Å². The van der Waals surface area contributed by atoms with Crippen LogP contribution in [0, 0.1) is 5.92 Å². The third kappa shape index (κ3) is 3.47. The highest BCUT2D eigenvalue weighted by Gasteiger charge is 2.26. The van der Waals surface area contributed by atoms with Gasteiger partial charge in [0.2, 0.25) is 5.91 Å². The van der Waals surface area contributed by atoms with Gasteiger partial charge in [-0.25, -0.2) is 0 Å².